The molecule has 0 saturated heterocycles. The summed E-state index contributed by atoms with van der Waals surface area (Å²) in [5.74, 6) is -0.303. The lowest BCUT2D eigenvalue weighted by Gasteiger charge is -2.22. The van der Waals surface area contributed by atoms with Gasteiger partial charge < -0.3 is 9.47 Å². The van der Waals surface area contributed by atoms with E-state index in [1.54, 1.807) is 14.2 Å². The Kier molecular flexibility index (Phi) is 8.12. The van der Waals surface area contributed by atoms with Gasteiger partial charge in [0, 0.05) is 27.1 Å². The monoisotopic (exact) mass is 290 g/mol. The van der Waals surface area contributed by atoms with Gasteiger partial charge in [-0.15, -0.1) is 0 Å². The molecule has 6 nitrogen and oxygen atoms in total. The van der Waals surface area contributed by atoms with Crippen LogP contribution in [0.4, 0.5) is 0 Å². The average molecular weight is 290 g/mol. The fourth-order valence-electron chi connectivity index (χ4n) is 1.41. The summed E-state index contributed by atoms with van der Waals surface area (Å²) in [5, 5.41) is 0. The van der Waals surface area contributed by atoms with E-state index < -0.39 is 11.2 Å². The number of methoxy groups -OCH3 is 2. The lowest BCUT2D eigenvalue weighted by molar-refractivity contribution is -0.284. The second-order valence-corrected chi connectivity index (χ2v) is 5.88. The molecule has 0 fully saturated rings. The maximum absolute atomic E-state index is 11.5. The molecule has 0 aromatic heterocycles. The smallest absolute Gasteiger partial charge is 0.164 e. The van der Waals surface area contributed by atoms with Crippen LogP contribution in [0, 0.1) is 0 Å². The van der Waals surface area contributed by atoms with Gasteiger partial charge in [-0.25, -0.2) is 9.78 Å². The van der Waals surface area contributed by atoms with Crippen molar-refractivity contribution >= 4 is 11.6 Å². The van der Waals surface area contributed by atoms with Crippen LogP contribution in [-0.2, 0) is 28.8 Å². The molecule has 0 aromatic carbocycles. The predicted octanol–water partition coefficient (Wildman–Crippen LogP) is 1.70. The molecule has 0 rings (SSSR count). The Balaban J connectivity index is 3.82. The number of carbonyl (C=O) groups excluding carboxylic acids is 2. The molecule has 0 atom stereocenters. The standard InChI is InChI=1S/C14H26O6/c1-13(2,17-5)7-11(15)9-19-20-10-12(16)8-14(3,4)18-6/h7-10H2,1-6H3. The Labute approximate surface area is 120 Å². The lowest BCUT2D eigenvalue weighted by Crippen LogP contribution is -2.29. The van der Waals surface area contributed by atoms with Crippen LogP contribution in [0.25, 0.3) is 0 Å². The first-order chi connectivity index (χ1) is 9.12. The van der Waals surface area contributed by atoms with Gasteiger partial charge in [-0.1, -0.05) is 0 Å². The SMILES string of the molecule is COC(C)(C)CC(=O)COOCC(=O)CC(C)(C)OC. The third-order valence-electron chi connectivity index (χ3n) is 2.87. The molecule has 0 aromatic rings. The molecule has 0 heterocycles. The zero-order valence-corrected chi connectivity index (χ0v) is 13.3. The highest BCUT2D eigenvalue weighted by Gasteiger charge is 2.22. The van der Waals surface area contributed by atoms with Gasteiger partial charge in [-0.05, 0) is 27.7 Å². The van der Waals surface area contributed by atoms with Crippen LogP contribution in [0.3, 0.4) is 0 Å². The molecule has 0 amide bonds. The largest absolute Gasteiger partial charge is 0.378 e. The van der Waals surface area contributed by atoms with E-state index in [9.17, 15) is 9.59 Å². The third kappa shape index (κ3) is 9.14. The van der Waals surface area contributed by atoms with E-state index in [0.717, 1.165) is 0 Å². The molecular formula is C14H26O6. The first-order valence-corrected chi connectivity index (χ1v) is 6.50. The topological polar surface area (TPSA) is 71.1 Å². The maximum Gasteiger partial charge on any atom is 0.164 e. The van der Waals surface area contributed by atoms with Crippen molar-refractivity contribution in [1.29, 1.82) is 0 Å². The normalized spacial score (nSPS) is 12.5. The molecule has 6 heteroatoms. The Morgan fingerprint density at radius 3 is 1.30 bits per heavy atom. The molecule has 0 aliphatic heterocycles. The van der Waals surface area contributed by atoms with Crippen molar-refractivity contribution < 1.29 is 28.8 Å². The number of ketones is 2. The summed E-state index contributed by atoms with van der Waals surface area (Å²) < 4.78 is 10.3. The molecule has 118 valence electrons. The quantitative estimate of drug-likeness (QED) is 0.328. The van der Waals surface area contributed by atoms with E-state index in [1.807, 2.05) is 27.7 Å². The van der Waals surface area contributed by atoms with Crippen molar-refractivity contribution in [3.05, 3.63) is 0 Å². The van der Waals surface area contributed by atoms with Crippen molar-refractivity contribution in [2.24, 2.45) is 0 Å². The van der Waals surface area contributed by atoms with Crippen LogP contribution in [0.5, 0.6) is 0 Å². The number of carbonyl (C=O) groups is 2. The highest BCUT2D eigenvalue weighted by Crippen LogP contribution is 2.14. The number of rotatable bonds is 11. The summed E-state index contributed by atoms with van der Waals surface area (Å²) in [6.07, 6.45) is 0.440. The highest BCUT2D eigenvalue weighted by atomic mass is 17.2. The zero-order valence-electron chi connectivity index (χ0n) is 13.3. The number of ether oxygens (including phenoxy) is 2. The second-order valence-electron chi connectivity index (χ2n) is 5.88. The van der Waals surface area contributed by atoms with E-state index >= 15 is 0 Å². The van der Waals surface area contributed by atoms with E-state index in [4.69, 9.17) is 19.2 Å². The summed E-state index contributed by atoms with van der Waals surface area (Å²) in [5.41, 5.74) is -1.06. The first-order valence-electron chi connectivity index (χ1n) is 6.50. The number of hydrogen-bond acceptors (Lipinski definition) is 6. The van der Waals surface area contributed by atoms with Gasteiger partial charge in [0.05, 0.1) is 11.2 Å². The van der Waals surface area contributed by atoms with Crippen molar-refractivity contribution in [2.75, 3.05) is 27.4 Å². The van der Waals surface area contributed by atoms with Gasteiger partial charge >= 0.3 is 0 Å². The van der Waals surface area contributed by atoms with Gasteiger partial charge in [-0.2, -0.15) is 0 Å². The molecule has 0 bridgehead atoms. The van der Waals surface area contributed by atoms with Crippen LogP contribution in [0.1, 0.15) is 40.5 Å². The lowest BCUT2D eigenvalue weighted by atomic mass is 10.0. The predicted molar refractivity (Wildman–Crippen MR) is 73.3 cm³/mol. The van der Waals surface area contributed by atoms with E-state index in [2.05, 4.69) is 0 Å². The van der Waals surface area contributed by atoms with Crippen molar-refractivity contribution in [2.45, 2.75) is 51.7 Å². The zero-order chi connectivity index (χ0) is 15.8. The second kappa shape index (κ2) is 8.46. The van der Waals surface area contributed by atoms with Crippen LogP contribution < -0.4 is 0 Å². The van der Waals surface area contributed by atoms with Crippen molar-refractivity contribution in [1.82, 2.24) is 0 Å². The molecule has 0 unspecified atom stereocenters. The van der Waals surface area contributed by atoms with Crippen LogP contribution in [0.15, 0.2) is 0 Å². The fraction of sp³-hybridized carbons (Fsp3) is 0.857. The number of Topliss-reactive ketones (excluding diaryl/α,β-unsaturated/α-hetero) is 2. The molecule has 20 heavy (non-hydrogen) atoms. The summed E-state index contributed by atoms with van der Waals surface area (Å²) in [7, 11) is 3.09. The minimum Gasteiger partial charge on any atom is -0.378 e. The summed E-state index contributed by atoms with van der Waals surface area (Å²) >= 11 is 0. The summed E-state index contributed by atoms with van der Waals surface area (Å²) in [4.78, 5) is 32.6. The Bertz CT molecular complexity index is 290. The molecule has 0 aliphatic rings. The summed E-state index contributed by atoms with van der Waals surface area (Å²) in [6, 6.07) is 0. The van der Waals surface area contributed by atoms with Gasteiger partial charge in [-0.3, -0.25) is 9.59 Å². The number of hydrogen-bond donors (Lipinski definition) is 0. The van der Waals surface area contributed by atoms with Crippen molar-refractivity contribution in [3.63, 3.8) is 0 Å². The average Bonchev–Trinajstić information content (AvgIpc) is 2.33. The van der Waals surface area contributed by atoms with E-state index in [-0.39, 0.29) is 37.6 Å². The molecule has 0 N–H and O–H groups in total. The summed E-state index contributed by atoms with van der Waals surface area (Å²) in [6.45, 7) is 6.83. The van der Waals surface area contributed by atoms with Crippen LogP contribution in [-0.4, -0.2) is 50.2 Å². The molecule has 0 saturated carbocycles. The van der Waals surface area contributed by atoms with Crippen LogP contribution >= 0.6 is 0 Å². The maximum atomic E-state index is 11.5. The van der Waals surface area contributed by atoms with Crippen molar-refractivity contribution in [3.8, 4) is 0 Å². The highest BCUT2D eigenvalue weighted by molar-refractivity contribution is 5.81. The minimum atomic E-state index is -0.529. The van der Waals surface area contributed by atoms with E-state index in [0.29, 0.717) is 0 Å². The Hall–Kier alpha value is -0.820. The van der Waals surface area contributed by atoms with E-state index in [1.165, 1.54) is 0 Å². The fourth-order valence-corrected chi connectivity index (χ4v) is 1.41. The molecule has 0 spiro atoms. The van der Waals surface area contributed by atoms with Gasteiger partial charge in [0.25, 0.3) is 0 Å². The van der Waals surface area contributed by atoms with Gasteiger partial charge in [0.1, 0.15) is 13.2 Å². The third-order valence-corrected chi connectivity index (χ3v) is 2.87. The van der Waals surface area contributed by atoms with Gasteiger partial charge in [0.2, 0.25) is 0 Å². The molecule has 0 aliphatic carbocycles. The van der Waals surface area contributed by atoms with Gasteiger partial charge in [0.15, 0.2) is 11.6 Å². The van der Waals surface area contributed by atoms with Crippen LogP contribution in [0.2, 0.25) is 0 Å². The minimum absolute atomic E-state index is 0.151. The Morgan fingerprint density at radius 1 is 0.750 bits per heavy atom. The molecular weight excluding hydrogens is 264 g/mol. The molecule has 0 radical (unpaired) electrons. The first kappa shape index (κ1) is 19.2. The Morgan fingerprint density at radius 2 is 1.05 bits per heavy atom.